The largest absolute Gasteiger partial charge is 0.345 e. The summed E-state index contributed by atoms with van der Waals surface area (Å²) in [6.45, 7) is 7.43. The smallest absolute Gasteiger partial charge is 0.120 e. The van der Waals surface area contributed by atoms with Crippen molar-refractivity contribution < 1.29 is 0 Å². The molecule has 2 rings (SSSR count). The number of piperazine rings is 1. The molecule has 1 aromatic heterocycles. The molecule has 1 aromatic rings. The Bertz CT molecular complexity index is 262. The van der Waals surface area contributed by atoms with E-state index in [0.717, 1.165) is 44.2 Å². The molecule has 0 bridgehead atoms. The number of aromatic amines is 1. The van der Waals surface area contributed by atoms with E-state index in [4.69, 9.17) is 0 Å². The number of hydrogen-bond donors (Lipinski definition) is 2. The second-order valence-corrected chi connectivity index (χ2v) is 3.54. The minimum atomic E-state index is 0.954. The first-order valence-electron chi connectivity index (χ1n) is 4.78. The average molecular weight is 180 g/mol. The minimum absolute atomic E-state index is 0.954. The van der Waals surface area contributed by atoms with Gasteiger partial charge in [0, 0.05) is 38.1 Å². The van der Waals surface area contributed by atoms with Gasteiger partial charge in [0.2, 0.25) is 0 Å². The Hall–Kier alpha value is -0.870. The summed E-state index contributed by atoms with van der Waals surface area (Å²) in [7, 11) is 0. The Morgan fingerprint density at radius 1 is 1.46 bits per heavy atom. The van der Waals surface area contributed by atoms with E-state index in [-0.39, 0.29) is 0 Å². The third-order valence-electron chi connectivity index (χ3n) is 2.34. The summed E-state index contributed by atoms with van der Waals surface area (Å²) in [6.07, 6.45) is 1.89. The lowest BCUT2D eigenvalue weighted by atomic mass is 10.3. The van der Waals surface area contributed by atoms with Crippen molar-refractivity contribution in [1.29, 1.82) is 0 Å². The molecule has 72 valence electrons. The summed E-state index contributed by atoms with van der Waals surface area (Å²) in [5, 5.41) is 3.33. The first kappa shape index (κ1) is 8.72. The molecule has 4 heteroatoms. The quantitative estimate of drug-likeness (QED) is 0.679. The zero-order valence-electron chi connectivity index (χ0n) is 8.01. The molecule has 0 unspecified atom stereocenters. The third-order valence-corrected chi connectivity index (χ3v) is 2.34. The summed E-state index contributed by atoms with van der Waals surface area (Å²) < 4.78 is 0. The zero-order chi connectivity index (χ0) is 9.10. The number of aromatic nitrogens is 2. The highest BCUT2D eigenvalue weighted by Crippen LogP contribution is 2.01. The predicted octanol–water partition coefficient (Wildman–Crippen LogP) is 0.123. The van der Waals surface area contributed by atoms with E-state index in [1.54, 1.807) is 0 Å². The van der Waals surface area contributed by atoms with Crippen molar-refractivity contribution in [2.45, 2.75) is 13.5 Å². The highest BCUT2D eigenvalue weighted by molar-refractivity contribution is 4.98. The van der Waals surface area contributed by atoms with Crippen LogP contribution in [-0.4, -0.2) is 41.0 Å². The number of imidazole rings is 1. The molecule has 4 nitrogen and oxygen atoms in total. The molecular formula is C9H16N4. The van der Waals surface area contributed by atoms with Gasteiger partial charge in [-0.25, -0.2) is 4.98 Å². The molecule has 1 fully saturated rings. The maximum atomic E-state index is 4.29. The van der Waals surface area contributed by atoms with Crippen molar-refractivity contribution in [1.82, 2.24) is 20.2 Å². The molecule has 1 saturated heterocycles. The van der Waals surface area contributed by atoms with Crippen molar-refractivity contribution in [3.63, 3.8) is 0 Å². The standard InChI is InChI=1S/C9H16N4/c1-8-6-11-9(12-8)7-13-4-2-10-3-5-13/h6,10H,2-5,7H2,1H3,(H,11,12). The van der Waals surface area contributed by atoms with Crippen molar-refractivity contribution in [3.8, 4) is 0 Å². The summed E-state index contributed by atoms with van der Waals surface area (Å²) in [5.74, 6) is 1.08. The number of H-pyrrole nitrogens is 1. The van der Waals surface area contributed by atoms with Gasteiger partial charge >= 0.3 is 0 Å². The molecular weight excluding hydrogens is 164 g/mol. The minimum Gasteiger partial charge on any atom is -0.345 e. The second-order valence-electron chi connectivity index (χ2n) is 3.54. The lowest BCUT2D eigenvalue weighted by Gasteiger charge is -2.26. The molecule has 2 heterocycles. The Balaban J connectivity index is 1.89. The molecule has 2 N–H and O–H groups in total. The Morgan fingerprint density at radius 2 is 2.23 bits per heavy atom. The zero-order valence-corrected chi connectivity index (χ0v) is 8.01. The van der Waals surface area contributed by atoms with E-state index >= 15 is 0 Å². The van der Waals surface area contributed by atoms with Gasteiger partial charge in [-0.05, 0) is 6.92 Å². The van der Waals surface area contributed by atoms with Crippen LogP contribution in [-0.2, 0) is 6.54 Å². The molecule has 0 radical (unpaired) electrons. The Morgan fingerprint density at radius 3 is 2.85 bits per heavy atom. The molecule has 0 aliphatic carbocycles. The van der Waals surface area contributed by atoms with Gasteiger partial charge in [0.15, 0.2) is 0 Å². The van der Waals surface area contributed by atoms with Gasteiger partial charge in [0.25, 0.3) is 0 Å². The van der Waals surface area contributed by atoms with Gasteiger partial charge in [0.05, 0.1) is 6.54 Å². The normalized spacial score (nSPS) is 19.2. The van der Waals surface area contributed by atoms with E-state index in [1.165, 1.54) is 0 Å². The number of aryl methyl sites for hydroxylation is 1. The Labute approximate surface area is 78.4 Å². The maximum Gasteiger partial charge on any atom is 0.120 e. The van der Waals surface area contributed by atoms with Crippen LogP contribution in [0.3, 0.4) is 0 Å². The van der Waals surface area contributed by atoms with Crippen LogP contribution < -0.4 is 5.32 Å². The van der Waals surface area contributed by atoms with Gasteiger partial charge < -0.3 is 10.3 Å². The highest BCUT2D eigenvalue weighted by Gasteiger charge is 2.10. The number of nitrogens with one attached hydrogen (secondary N) is 2. The van der Waals surface area contributed by atoms with Crippen molar-refractivity contribution in [3.05, 3.63) is 17.7 Å². The SMILES string of the molecule is Cc1cnc(CN2CCNCC2)[nH]1. The lowest BCUT2D eigenvalue weighted by molar-refractivity contribution is 0.228. The first-order chi connectivity index (χ1) is 6.34. The van der Waals surface area contributed by atoms with Crippen molar-refractivity contribution in [2.75, 3.05) is 26.2 Å². The van der Waals surface area contributed by atoms with Crippen molar-refractivity contribution >= 4 is 0 Å². The molecule has 0 amide bonds. The van der Waals surface area contributed by atoms with E-state index < -0.39 is 0 Å². The van der Waals surface area contributed by atoms with Gasteiger partial charge in [-0.2, -0.15) is 0 Å². The van der Waals surface area contributed by atoms with Crippen LogP contribution in [0.15, 0.2) is 6.20 Å². The summed E-state index contributed by atoms with van der Waals surface area (Å²) in [6, 6.07) is 0. The monoisotopic (exact) mass is 180 g/mol. The van der Waals surface area contributed by atoms with Crippen LogP contribution in [0.1, 0.15) is 11.5 Å². The van der Waals surface area contributed by atoms with Gasteiger partial charge in [-0.1, -0.05) is 0 Å². The Kier molecular flexibility index (Phi) is 2.61. The van der Waals surface area contributed by atoms with E-state index in [9.17, 15) is 0 Å². The second kappa shape index (κ2) is 3.89. The summed E-state index contributed by atoms with van der Waals surface area (Å²) >= 11 is 0. The maximum absolute atomic E-state index is 4.29. The fraction of sp³-hybridized carbons (Fsp3) is 0.667. The fourth-order valence-corrected chi connectivity index (χ4v) is 1.63. The van der Waals surface area contributed by atoms with Gasteiger partial charge in [0.1, 0.15) is 5.82 Å². The number of rotatable bonds is 2. The van der Waals surface area contributed by atoms with Crippen LogP contribution in [0.2, 0.25) is 0 Å². The summed E-state index contributed by atoms with van der Waals surface area (Å²) in [5.41, 5.74) is 1.14. The molecule has 0 aromatic carbocycles. The number of hydrogen-bond acceptors (Lipinski definition) is 3. The first-order valence-corrected chi connectivity index (χ1v) is 4.78. The van der Waals surface area contributed by atoms with Crippen molar-refractivity contribution in [2.24, 2.45) is 0 Å². The van der Waals surface area contributed by atoms with E-state index in [2.05, 4.69) is 20.2 Å². The average Bonchev–Trinajstić information content (AvgIpc) is 2.53. The lowest BCUT2D eigenvalue weighted by Crippen LogP contribution is -2.43. The third kappa shape index (κ3) is 2.29. The fourth-order valence-electron chi connectivity index (χ4n) is 1.63. The van der Waals surface area contributed by atoms with Crippen LogP contribution >= 0.6 is 0 Å². The summed E-state index contributed by atoms with van der Waals surface area (Å²) in [4.78, 5) is 9.95. The van der Waals surface area contributed by atoms with Gasteiger partial charge in [-0.15, -0.1) is 0 Å². The molecule has 13 heavy (non-hydrogen) atoms. The molecule has 1 aliphatic heterocycles. The van der Waals surface area contributed by atoms with E-state index in [1.807, 2.05) is 13.1 Å². The number of nitrogens with zero attached hydrogens (tertiary/aromatic N) is 2. The molecule has 0 atom stereocenters. The topological polar surface area (TPSA) is 44.0 Å². The predicted molar refractivity (Wildman–Crippen MR) is 51.5 cm³/mol. The molecule has 0 saturated carbocycles. The van der Waals surface area contributed by atoms with Crippen LogP contribution in [0.5, 0.6) is 0 Å². The van der Waals surface area contributed by atoms with E-state index in [0.29, 0.717) is 0 Å². The van der Waals surface area contributed by atoms with Crippen LogP contribution in [0.4, 0.5) is 0 Å². The highest BCUT2D eigenvalue weighted by atomic mass is 15.2. The molecule has 1 aliphatic rings. The van der Waals surface area contributed by atoms with Crippen LogP contribution in [0, 0.1) is 6.92 Å². The molecule has 0 spiro atoms. The van der Waals surface area contributed by atoms with Crippen LogP contribution in [0.25, 0.3) is 0 Å². The van der Waals surface area contributed by atoms with Gasteiger partial charge in [-0.3, -0.25) is 4.90 Å².